The summed E-state index contributed by atoms with van der Waals surface area (Å²) in [5.74, 6) is 0. The van der Waals surface area contributed by atoms with E-state index in [9.17, 15) is 5.11 Å². The van der Waals surface area contributed by atoms with Crippen LogP contribution in [-0.2, 0) is 12.8 Å². The van der Waals surface area contributed by atoms with Crippen LogP contribution in [0.25, 0.3) is 0 Å². The van der Waals surface area contributed by atoms with Gasteiger partial charge in [-0.2, -0.15) is 0 Å². The van der Waals surface area contributed by atoms with E-state index < -0.39 is 6.10 Å². The Morgan fingerprint density at radius 3 is 2.81 bits per heavy atom. The third-order valence-electron chi connectivity index (χ3n) is 4.24. The van der Waals surface area contributed by atoms with Crippen molar-refractivity contribution in [2.75, 3.05) is 18.5 Å². The third-order valence-corrected chi connectivity index (χ3v) is 4.59. The van der Waals surface area contributed by atoms with Gasteiger partial charge in [0.05, 0.1) is 6.10 Å². The van der Waals surface area contributed by atoms with Crippen LogP contribution in [0.5, 0.6) is 0 Å². The van der Waals surface area contributed by atoms with E-state index in [0.29, 0.717) is 6.42 Å². The van der Waals surface area contributed by atoms with Gasteiger partial charge in [0.1, 0.15) is 0 Å². The van der Waals surface area contributed by atoms with E-state index in [2.05, 4.69) is 24.1 Å². The van der Waals surface area contributed by atoms with Gasteiger partial charge in [-0.15, -0.1) is 0 Å². The molecule has 21 heavy (non-hydrogen) atoms. The summed E-state index contributed by atoms with van der Waals surface area (Å²) in [5.41, 5.74) is 5.70. The number of halogens is 1. The van der Waals surface area contributed by atoms with E-state index in [4.69, 9.17) is 11.6 Å². The summed E-state index contributed by atoms with van der Waals surface area (Å²) in [5, 5.41) is 11.2. The van der Waals surface area contributed by atoms with Crippen molar-refractivity contribution >= 4 is 17.3 Å². The minimum atomic E-state index is -0.513. The molecule has 3 heteroatoms. The van der Waals surface area contributed by atoms with Gasteiger partial charge in [0, 0.05) is 30.7 Å². The summed E-state index contributed by atoms with van der Waals surface area (Å²) in [7, 11) is 2.11. The van der Waals surface area contributed by atoms with Gasteiger partial charge < -0.3 is 10.0 Å². The number of nitrogens with zero attached hydrogens (tertiary/aromatic N) is 1. The molecule has 2 aromatic carbocycles. The molecule has 1 heterocycles. The number of benzene rings is 2. The van der Waals surface area contributed by atoms with Crippen molar-refractivity contribution in [1.29, 1.82) is 0 Å². The number of aliphatic hydroxyl groups is 1. The van der Waals surface area contributed by atoms with Gasteiger partial charge in [-0.25, -0.2) is 0 Å². The zero-order chi connectivity index (χ0) is 15.0. The maximum atomic E-state index is 10.5. The molecule has 0 radical (unpaired) electrons. The minimum absolute atomic E-state index is 0.513. The first kappa shape index (κ1) is 14.4. The lowest BCUT2D eigenvalue weighted by molar-refractivity contribution is 0.178. The van der Waals surface area contributed by atoms with Gasteiger partial charge >= 0.3 is 0 Å². The number of fused-ring (bicyclic) bond motifs is 1. The third kappa shape index (κ3) is 2.92. The Kier molecular flexibility index (Phi) is 3.92. The molecule has 1 N–H and O–H groups in total. The van der Waals surface area contributed by atoms with Gasteiger partial charge in [0.2, 0.25) is 0 Å². The number of aryl methyl sites for hydroxylation is 1. The SMILES string of the molecule is Cc1ccc(CC(O)c2ccc3c(c2)CCN3C)c(Cl)c1. The maximum Gasteiger partial charge on any atom is 0.0831 e. The Bertz CT molecular complexity index is 668. The number of hydrogen-bond acceptors (Lipinski definition) is 2. The molecular formula is C18H20ClNO. The monoisotopic (exact) mass is 301 g/mol. The highest BCUT2D eigenvalue weighted by molar-refractivity contribution is 6.31. The fourth-order valence-corrected chi connectivity index (χ4v) is 3.25. The normalized spacial score (nSPS) is 15.1. The maximum absolute atomic E-state index is 10.5. The molecule has 2 aromatic rings. The second-order valence-corrected chi connectivity index (χ2v) is 6.28. The average Bonchev–Trinajstić information content (AvgIpc) is 2.83. The van der Waals surface area contributed by atoms with Crippen molar-refractivity contribution in [2.24, 2.45) is 0 Å². The Balaban J connectivity index is 1.81. The van der Waals surface area contributed by atoms with Crippen LogP contribution < -0.4 is 4.90 Å². The highest BCUT2D eigenvalue weighted by Crippen LogP contribution is 2.31. The molecule has 110 valence electrons. The highest BCUT2D eigenvalue weighted by Gasteiger charge is 2.18. The largest absolute Gasteiger partial charge is 0.388 e. The minimum Gasteiger partial charge on any atom is -0.388 e. The standard InChI is InChI=1S/C18H20ClNO/c1-12-3-4-13(16(19)9-12)11-18(21)15-5-6-17-14(10-15)7-8-20(17)2/h3-6,9-10,18,21H,7-8,11H2,1-2H3. The molecule has 3 rings (SSSR count). The second-order valence-electron chi connectivity index (χ2n) is 5.87. The van der Waals surface area contributed by atoms with E-state index in [1.54, 1.807) is 0 Å². The molecule has 0 aromatic heterocycles. The zero-order valence-electron chi connectivity index (χ0n) is 12.4. The molecule has 0 amide bonds. The van der Waals surface area contributed by atoms with Crippen LogP contribution in [0.4, 0.5) is 5.69 Å². The lowest BCUT2D eigenvalue weighted by atomic mass is 9.98. The number of aliphatic hydroxyl groups excluding tert-OH is 1. The Hall–Kier alpha value is -1.51. The van der Waals surface area contributed by atoms with Crippen LogP contribution >= 0.6 is 11.6 Å². The molecule has 0 fully saturated rings. The molecule has 1 aliphatic rings. The van der Waals surface area contributed by atoms with Gasteiger partial charge in [-0.1, -0.05) is 35.9 Å². The van der Waals surface area contributed by atoms with Crippen LogP contribution in [0, 0.1) is 6.92 Å². The van der Waals surface area contributed by atoms with Crippen molar-refractivity contribution in [2.45, 2.75) is 25.9 Å². The summed E-state index contributed by atoms with van der Waals surface area (Å²) in [6.07, 6.45) is 1.09. The van der Waals surface area contributed by atoms with Crippen molar-refractivity contribution in [3.05, 3.63) is 63.7 Å². The zero-order valence-corrected chi connectivity index (χ0v) is 13.2. The lowest BCUT2D eigenvalue weighted by Gasteiger charge is -2.16. The van der Waals surface area contributed by atoms with Crippen molar-refractivity contribution < 1.29 is 5.11 Å². The summed E-state index contributed by atoms with van der Waals surface area (Å²) < 4.78 is 0. The summed E-state index contributed by atoms with van der Waals surface area (Å²) >= 11 is 6.26. The van der Waals surface area contributed by atoms with Crippen LogP contribution in [0.2, 0.25) is 5.02 Å². The van der Waals surface area contributed by atoms with Crippen LogP contribution in [0.1, 0.15) is 28.4 Å². The average molecular weight is 302 g/mol. The Morgan fingerprint density at radius 1 is 1.24 bits per heavy atom. The number of hydrogen-bond donors (Lipinski definition) is 1. The molecular weight excluding hydrogens is 282 g/mol. The topological polar surface area (TPSA) is 23.5 Å². The Labute approximate surface area is 131 Å². The summed E-state index contributed by atoms with van der Waals surface area (Å²) in [4.78, 5) is 2.25. The van der Waals surface area contributed by atoms with Gasteiger partial charge in [0.25, 0.3) is 0 Å². The Morgan fingerprint density at radius 2 is 2.05 bits per heavy atom. The van der Waals surface area contributed by atoms with E-state index >= 15 is 0 Å². The number of rotatable bonds is 3. The predicted molar refractivity (Wildman–Crippen MR) is 88.3 cm³/mol. The quantitative estimate of drug-likeness (QED) is 0.929. The number of anilines is 1. The molecule has 1 aliphatic heterocycles. The molecule has 2 nitrogen and oxygen atoms in total. The van der Waals surface area contributed by atoms with Crippen molar-refractivity contribution in [3.63, 3.8) is 0 Å². The molecule has 1 unspecified atom stereocenters. The van der Waals surface area contributed by atoms with Crippen LogP contribution in [0.15, 0.2) is 36.4 Å². The molecule has 0 saturated heterocycles. The van der Waals surface area contributed by atoms with E-state index in [0.717, 1.165) is 34.7 Å². The number of likely N-dealkylation sites (N-methyl/N-ethyl adjacent to an activating group) is 1. The van der Waals surface area contributed by atoms with Gasteiger partial charge in [-0.05, 0) is 47.7 Å². The fourth-order valence-electron chi connectivity index (χ4n) is 2.94. The summed E-state index contributed by atoms with van der Waals surface area (Å²) in [6.45, 7) is 3.07. The first-order chi connectivity index (χ1) is 10.0. The van der Waals surface area contributed by atoms with Crippen molar-refractivity contribution in [3.8, 4) is 0 Å². The molecule has 0 saturated carbocycles. The molecule has 1 atom stereocenters. The molecule has 0 bridgehead atoms. The second kappa shape index (κ2) is 5.70. The molecule has 0 aliphatic carbocycles. The van der Waals surface area contributed by atoms with Crippen LogP contribution in [-0.4, -0.2) is 18.7 Å². The van der Waals surface area contributed by atoms with Crippen molar-refractivity contribution in [1.82, 2.24) is 0 Å². The van der Waals surface area contributed by atoms with Gasteiger partial charge in [-0.3, -0.25) is 0 Å². The summed E-state index contributed by atoms with van der Waals surface area (Å²) in [6, 6.07) is 12.2. The molecule has 0 spiro atoms. The first-order valence-corrected chi connectivity index (χ1v) is 7.69. The van der Waals surface area contributed by atoms with E-state index in [1.165, 1.54) is 11.3 Å². The smallest absolute Gasteiger partial charge is 0.0831 e. The predicted octanol–water partition coefficient (Wildman–Crippen LogP) is 3.92. The van der Waals surface area contributed by atoms with Crippen LogP contribution in [0.3, 0.4) is 0 Å². The fraction of sp³-hybridized carbons (Fsp3) is 0.333. The van der Waals surface area contributed by atoms with E-state index in [1.807, 2.05) is 31.2 Å². The highest BCUT2D eigenvalue weighted by atomic mass is 35.5. The lowest BCUT2D eigenvalue weighted by Crippen LogP contribution is -2.12. The van der Waals surface area contributed by atoms with E-state index in [-0.39, 0.29) is 0 Å². The first-order valence-electron chi connectivity index (χ1n) is 7.31. The van der Waals surface area contributed by atoms with Gasteiger partial charge in [0.15, 0.2) is 0 Å².